The first kappa shape index (κ1) is 12.0. The fourth-order valence-corrected chi connectivity index (χ4v) is 2.00. The predicted molar refractivity (Wildman–Crippen MR) is 63.8 cm³/mol. The Kier molecular flexibility index (Phi) is 3.09. The number of nitrogens with zero attached hydrogens (tertiary/aromatic N) is 2. The molecule has 0 radical (unpaired) electrons. The number of nitrogens with one attached hydrogen (secondary N) is 1. The number of ether oxygens (including phenoxy) is 1. The van der Waals surface area contributed by atoms with Crippen molar-refractivity contribution < 1.29 is 9.53 Å². The van der Waals surface area contributed by atoms with Gasteiger partial charge >= 0.3 is 6.09 Å². The Bertz CT molecular complexity index is 381. The Morgan fingerprint density at radius 3 is 2.94 bits per heavy atom. The molecule has 0 bridgehead atoms. The lowest BCUT2D eigenvalue weighted by Gasteiger charge is -2.24. The number of amides is 1. The summed E-state index contributed by atoms with van der Waals surface area (Å²) in [6.45, 7) is 7.10. The van der Waals surface area contributed by atoms with Gasteiger partial charge in [0.25, 0.3) is 0 Å². The largest absolute Gasteiger partial charge is 0.444 e. The average molecular weight is 237 g/mol. The van der Waals surface area contributed by atoms with Gasteiger partial charge in [0.05, 0.1) is 0 Å². The lowest BCUT2D eigenvalue weighted by atomic mass is 10.1. The van der Waals surface area contributed by atoms with Crippen LogP contribution in [0.3, 0.4) is 0 Å². The van der Waals surface area contributed by atoms with Crippen LogP contribution in [0, 0.1) is 0 Å². The third kappa shape index (κ3) is 2.99. The second-order valence-corrected chi connectivity index (χ2v) is 5.42. The van der Waals surface area contributed by atoms with Crippen LogP contribution in [0.15, 0.2) is 12.3 Å². The maximum Gasteiger partial charge on any atom is 0.410 e. The molecule has 1 aliphatic rings. The summed E-state index contributed by atoms with van der Waals surface area (Å²) in [6, 6.07) is 1.96. The minimum Gasteiger partial charge on any atom is -0.444 e. The first-order valence-electron chi connectivity index (χ1n) is 5.93. The highest BCUT2D eigenvalue weighted by molar-refractivity contribution is 5.68. The number of carbonyl (C=O) groups is 1. The molecule has 0 spiro atoms. The summed E-state index contributed by atoms with van der Waals surface area (Å²) in [5.74, 6) is 0.352. The maximum atomic E-state index is 11.9. The third-order valence-electron chi connectivity index (χ3n) is 2.80. The van der Waals surface area contributed by atoms with E-state index < -0.39 is 5.60 Å². The molecule has 5 heteroatoms. The van der Waals surface area contributed by atoms with Crippen LogP contribution in [0.25, 0.3) is 0 Å². The summed E-state index contributed by atoms with van der Waals surface area (Å²) >= 11 is 0. The molecule has 1 fully saturated rings. The molecule has 1 aromatic rings. The molecule has 17 heavy (non-hydrogen) atoms. The number of hydrogen-bond donors (Lipinski definition) is 1. The monoisotopic (exact) mass is 237 g/mol. The number of aromatic amines is 1. The van der Waals surface area contributed by atoms with Crippen molar-refractivity contribution in [2.45, 2.75) is 38.7 Å². The van der Waals surface area contributed by atoms with Gasteiger partial charge in [-0.15, -0.1) is 0 Å². The van der Waals surface area contributed by atoms with E-state index >= 15 is 0 Å². The summed E-state index contributed by atoms with van der Waals surface area (Å²) < 4.78 is 5.35. The van der Waals surface area contributed by atoms with Crippen LogP contribution in [0.2, 0.25) is 0 Å². The van der Waals surface area contributed by atoms with E-state index in [0.717, 1.165) is 18.7 Å². The second-order valence-electron chi connectivity index (χ2n) is 5.42. The number of hydrogen-bond acceptors (Lipinski definition) is 3. The van der Waals surface area contributed by atoms with Gasteiger partial charge in [0, 0.05) is 30.9 Å². The molecule has 1 saturated heterocycles. The molecule has 1 amide bonds. The van der Waals surface area contributed by atoms with Crippen LogP contribution in [-0.4, -0.2) is 39.9 Å². The normalized spacial score (nSPS) is 20.6. The average Bonchev–Trinajstić information content (AvgIpc) is 2.86. The SMILES string of the molecule is CC(C)(C)OC(=O)N1CC[C@@H](c2ccn[nH]2)C1. The van der Waals surface area contributed by atoms with Crippen LogP contribution < -0.4 is 0 Å². The Hall–Kier alpha value is -1.52. The molecule has 5 nitrogen and oxygen atoms in total. The summed E-state index contributed by atoms with van der Waals surface area (Å²) in [5.41, 5.74) is 0.666. The van der Waals surface area contributed by atoms with E-state index in [1.807, 2.05) is 26.8 Å². The number of likely N-dealkylation sites (tertiary alicyclic amines) is 1. The fourth-order valence-electron chi connectivity index (χ4n) is 2.00. The highest BCUT2D eigenvalue weighted by Gasteiger charge is 2.30. The zero-order chi connectivity index (χ0) is 12.5. The van der Waals surface area contributed by atoms with E-state index in [0.29, 0.717) is 12.5 Å². The smallest absolute Gasteiger partial charge is 0.410 e. The summed E-state index contributed by atoms with van der Waals surface area (Å²) in [6.07, 6.45) is 2.48. The minimum atomic E-state index is -0.427. The second kappa shape index (κ2) is 4.39. The quantitative estimate of drug-likeness (QED) is 0.814. The lowest BCUT2D eigenvalue weighted by Crippen LogP contribution is -2.35. The molecule has 1 atom stereocenters. The summed E-state index contributed by atoms with van der Waals surface area (Å²) in [4.78, 5) is 13.6. The number of carbonyl (C=O) groups excluding carboxylic acids is 1. The molecule has 2 heterocycles. The van der Waals surface area contributed by atoms with E-state index in [2.05, 4.69) is 10.2 Å². The van der Waals surface area contributed by atoms with Gasteiger partial charge in [0.2, 0.25) is 0 Å². The van der Waals surface area contributed by atoms with Gasteiger partial charge in [-0.05, 0) is 33.3 Å². The minimum absolute atomic E-state index is 0.223. The van der Waals surface area contributed by atoms with Gasteiger partial charge in [-0.1, -0.05) is 0 Å². The Balaban J connectivity index is 1.92. The van der Waals surface area contributed by atoms with Gasteiger partial charge in [0.15, 0.2) is 0 Å². The molecular formula is C12H19N3O2. The standard InChI is InChI=1S/C12H19N3O2/c1-12(2,3)17-11(16)15-7-5-9(8-15)10-4-6-13-14-10/h4,6,9H,5,7-8H2,1-3H3,(H,13,14)/t9-/m1/s1. The van der Waals surface area contributed by atoms with Crippen molar-refractivity contribution >= 4 is 6.09 Å². The summed E-state index contributed by atoms with van der Waals surface area (Å²) in [5, 5.41) is 6.89. The molecular weight excluding hydrogens is 218 g/mol. The number of H-pyrrole nitrogens is 1. The van der Waals surface area contributed by atoms with Gasteiger partial charge in [-0.2, -0.15) is 5.10 Å². The molecule has 1 aromatic heterocycles. The molecule has 0 saturated carbocycles. The topological polar surface area (TPSA) is 58.2 Å². The molecule has 1 aliphatic heterocycles. The Labute approximate surface area is 101 Å². The zero-order valence-electron chi connectivity index (χ0n) is 10.6. The Morgan fingerprint density at radius 1 is 1.59 bits per heavy atom. The molecule has 2 rings (SSSR count). The van der Waals surface area contributed by atoms with Gasteiger partial charge in [-0.3, -0.25) is 5.10 Å². The van der Waals surface area contributed by atoms with Crippen molar-refractivity contribution in [2.75, 3.05) is 13.1 Å². The molecule has 94 valence electrons. The van der Waals surface area contributed by atoms with E-state index in [1.54, 1.807) is 11.1 Å². The highest BCUT2D eigenvalue weighted by atomic mass is 16.6. The van der Waals surface area contributed by atoms with Crippen LogP contribution >= 0.6 is 0 Å². The first-order valence-corrected chi connectivity index (χ1v) is 5.93. The molecule has 1 N–H and O–H groups in total. The van der Waals surface area contributed by atoms with Crippen molar-refractivity contribution in [3.8, 4) is 0 Å². The van der Waals surface area contributed by atoms with Gasteiger partial charge in [0.1, 0.15) is 5.60 Å². The molecule has 0 unspecified atom stereocenters. The van der Waals surface area contributed by atoms with Gasteiger partial charge < -0.3 is 9.64 Å². The van der Waals surface area contributed by atoms with E-state index in [1.165, 1.54) is 0 Å². The Morgan fingerprint density at radius 2 is 2.35 bits per heavy atom. The van der Waals surface area contributed by atoms with Crippen molar-refractivity contribution in [1.82, 2.24) is 15.1 Å². The zero-order valence-corrected chi connectivity index (χ0v) is 10.6. The van der Waals surface area contributed by atoms with Crippen molar-refractivity contribution in [3.63, 3.8) is 0 Å². The van der Waals surface area contributed by atoms with Crippen LogP contribution in [0.1, 0.15) is 38.8 Å². The maximum absolute atomic E-state index is 11.9. The van der Waals surface area contributed by atoms with E-state index in [-0.39, 0.29) is 6.09 Å². The third-order valence-corrected chi connectivity index (χ3v) is 2.80. The first-order chi connectivity index (χ1) is 7.96. The number of rotatable bonds is 1. The molecule has 0 aliphatic carbocycles. The van der Waals surface area contributed by atoms with Crippen LogP contribution in [0.4, 0.5) is 4.79 Å². The molecule has 0 aromatic carbocycles. The van der Waals surface area contributed by atoms with Crippen molar-refractivity contribution in [1.29, 1.82) is 0 Å². The van der Waals surface area contributed by atoms with Crippen LogP contribution in [-0.2, 0) is 4.74 Å². The lowest BCUT2D eigenvalue weighted by molar-refractivity contribution is 0.0292. The fraction of sp³-hybridized carbons (Fsp3) is 0.667. The summed E-state index contributed by atoms with van der Waals surface area (Å²) in [7, 11) is 0. The van der Waals surface area contributed by atoms with E-state index in [9.17, 15) is 4.79 Å². The highest BCUT2D eigenvalue weighted by Crippen LogP contribution is 2.26. The number of aromatic nitrogens is 2. The van der Waals surface area contributed by atoms with Crippen LogP contribution in [0.5, 0.6) is 0 Å². The van der Waals surface area contributed by atoms with E-state index in [4.69, 9.17) is 4.74 Å². The van der Waals surface area contributed by atoms with Crippen molar-refractivity contribution in [2.24, 2.45) is 0 Å². The van der Waals surface area contributed by atoms with Gasteiger partial charge in [-0.25, -0.2) is 4.79 Å². The predicted octanol–water partition coefficient (Wildman–Crippen LogP) is 2.13. The van der Waals surface area contributed by atoms with Crippen molar-refractivity contribution in [3.05, 3.63) is 18.0 Å².